The van der Waals surface area contributed by atoms with Crippen molar-refractivity contribution in [2.75, 3.05) is 17.7 Å². The molecule has 0 aliphatic heterocycles. The van der Waals surface area contributed by atoms with Crippen LogP contribution < -0.4 is 11.1 Å². The number of rotatable bonds is 6. The van der Waals surface area contributed by atoms with E-state index in [4.69, 9.17) is 10.5 Å². The second-order valence-corrected chi connectivity index (χ2v) is 5.49. The molecule has 5 nitrogen and oxygen atoms in total. The predicted octanol–water partition coefficient (Wildman–Crippen LogP) is 2.50. The highest BCUT2D eigenvalue weighted by Crippen LogP contribution is 2.35. The van der Waals surface area contributed by atoms with Gasteiger partial charge >= 0.3 is 5.97 Å². The molecule has 1 fully saturated rings. The molecule has 1 atom stereocenters. The van der Waals surface area contributed by atoms with E-state index < -0.39 is 5.97 Å². The molecule has 0 radical (unpaired) electrons. The molecule has 0 bridgehead atoms. The number of nitrogen functional groups attached to an aromatic ring is 1. The van der Waals surface area contributed by atoms with E-state index in [1.807, 2.05) is 0 Å². The molecule has 0 saturated heterocycles. The Morgan fingerprint density at radius 2 is 2.39 bits per heavy atom. The smallest absolute Gasteiger partial charge is 0.344 e. The van der Waals surface area contributed by atoms with Crippen LogP contribution in [0.3, 0.4) is 0 Å². The standard InChI is InChI=1S/C12H19N3O2S/c1-3-17-12(16)9-10(13)15-18-11(9)14-7(2)6-8-4-5-8/h7-8,14H,3-6H2,1-2H3,(H2,13,15). The van der Waals surface area contributed by atoms with Crippen molar-refractivity contribution < 1.29 is 9.53 Å². The van der Waals surface area contributed by atoms with E-state index in [9.17, 15) is 4.79 Å². The summed E-state index contributed by atoms with van der Waals surface area (Å²) < 4.78 is 9.01. The minimum absolute atomic E-state index is 0.250. The van der Waals surface area contributed by atoms with Crippen molar-refractivity contribution in [1.29, 1.82) is 0 Å². The van der Waals surface area contributed by atoms with E-state index in [1.165, 1.54) is 24.4 Å². The molecule has 0 aromatic carbocycles. The Morgan fingerprint density at radius 1 is 1.67 bits per heavy atom. The lowest BCUT2D eigenvalue weighted by Gasteiger charge is -2.13. The Morgan fingerprint density at radius 3 is 3.00 bits per heavy atom. The summed E-state index contributed by atoms with van der Waals surface area (Å²) in [4.78, 5) is 11.8. The number of hydrogen-bond donors (Lipinski definition) is 2. The zero-order valence-corrected chi connectivity index (χ0v) is 11.5. The highest BCUT2D eigenvalue weighted by molar-refractivity contribution is 7.11. The number of aromatic nitrogens is 1. The number of nitrogens with two attached hydrogens (primary N) is 1. The lowest BCUT2D eigenvalue weighted by molar-refractivity contribution is 0.0529. The van der Waals surface area contributed by atoms with E-state index in [2.05, 4.69) is 16.6 Å². The Balaban J connectivity index is 2.04. The van der Waals surface area contributed by atoms with E-state index >= 15 is 0 Å². The summed E-state index contributed by atoms with van der Waals surface area (Å²) in [5.74, 6) is 0.688. The molecule has 1 heterocycles. The van der Waals surface area contributed by atoms with Crippen molar-refractivity contribution >= 4 is 28.3 Å². The third kappa shape index (κ3) is 3.13. The quantitative estimate of drug-likeness (QED) is 0.776. The molecule has 2 rings (SSSR count). The van der Waals surface area contributed by atoms with Crippen molar-refractivity contribution in [1.82, 2.24) is 4.37 Å². The van der Waals surface area contributed by atoms with Gasteiger partial charge in [-0.25, -0.2) is 4.79 Å². The first-order valence-corrected chi connectivity index (χ1v) is 7.08. The van der Waals surface area contributed by atoms with Gasteiger partial charge in [-0.3, -0.25) is 0 Å². The van der Waals surface area contributed by atoms with Crippen LogP contribution >= 0.6 is 11.5 Å². The van der Waals surface area contributed by atoms with E-state index in [-0.39, 0.29) is 5.82 Å². The second-order valence-electron chi connectivity index (χ2n) is 4.72. The van der Waals surface area contributed by atoms with Gasteiger partial charge in [0.15, 0.2) is 5.82 Å². The topological polar surface area (TPSA) is 77.2 Å². The zero-order valence-electron chi connectivity index (χ0n) is 10.7. The Labute approximate surface area is 111 Å². The Kier molecular flexibility index (Phi) is 4.06. The highest BCUT2D eigenvalue weighted by Gasteiger charge is 2.26. The van der Waals surface area contributed by atoms with Crippen molar-refractivity contribution in [2.45, 2.75) is 39.2 Å². The fourth-order valence-corrected chi connectivity index (χ4v) is 2.75. The molecule has 1 unspecified atom stereocenters. The fraction of sp³-hybridized carbons (Fsp3) is 0.667. The van der Waals surface area contributed by atoms with Gasteiger partial charge in [0, 0.05) is 6.04 Å². The Hall–Kier alpha value is -1.30. The number of carbonyl (C=O) groups is 1. The number of nitrogens with zero attached hydrogens (tertiary/aromatic N) is 1. The van der Waals surface area contributed by atoms with Gasteiger partial charge in [0.05, 0.1) is 6.61 Å². The van der Waals surface area contributed by atoms with Crippen LogP contribution in [0.25, 0.3) is 0 Å². The first-order valence-electron chi connectivity index (χ1n) is 6.30. The molecule has 1 aromatic heterocycles. The van der Waals surface area contributed by atoms with E-state index in [0.717, 1.165) is 17.3 Å². The zero-order chi connectivity index (χ0) is 13.1. The highest BCUT2D eigenvalue weighted by atomic mass is 32.1. The molecule has 3 N–H and O–H groups in total. The lowest BCUT2D eigenvalue weighted by Crippen LogP contribution is -2.17. The maximum absolute atomic E-state index is 11.8. The molecule has 0 spiro atoms. The largest absolute Gasteiger partial charge is 0.462 e. The average Bonchev–Trinajstić information content (AvgIpc) is 3.03. The number of anilines is 2. The van der Waals surface area contributed by atoms with Gasteiger partial charge in [0.1, 0.15) is 10.6 Å². The lowest BCUT2D eigenvalue weighted by atomic mass is 10.1. The van der Waals surface area contributed by atoms with Crippen LogP contribution in [0.1, 0.15) is 43.5 Å². The monoisotopic (exact) mass is 269 g/mol. The summed E-state index contributed by atoms with van der Waals surface area (Å²) in [6, 6.07) is 0.325. The molecular weight excluding hydrogens is 250 g/mol. The van der Waals surface area contributed by atoms with E-state index in [0.29, 0.717) is 18.2 Å². The van der Waals surface area contributed by atoms with Gasteiger partial charge in [-0.2, -0.15) is 4.37 Å². The van der Waals surface area contributed by atoms with Gasteiger partial charge in [0.2, 0.25) is 0 Å². The van der Waals surface area contributed by atoms with Crippen molar-refractivity contribution in [3.05, 3.63) is 5.56 Å². The van der Waals surface area contributed by atoms with Crippen LogP contribution in [0.2, 0.25) is 0 Å². The van der Waals surface area contributed by atoms with Crippen LogP contribution in [0.4, 0.5) is 10.8 Å². The molecule has 1 aromatic rings. The number of hydrogen-bond acceptors (Lipinski definition) is 6. The average molecular weight is 269 g/mol. The molecular formula is C12H19N3O2S. The number of nitrogens with one attached hydrogen (secondary N) is 1. The van der Waals surface area contributed by atoms with Gasteiger partial charge in [0.25, 0.3) is 0 Å². The van der Waals surface area contributed by atoms with Crippen molar-refractivity contribution in [2.24, 2.45) is 5.92 Å². The molecule has 100 valence electrons. The summed E-state index contributed by atoms with van der Waals surface area (Å²) in [5, 5.41) is 4.04. The van der Waals surface area contributed by atoms with Crippen LogP contribution in [-0.2, 0) is 4.74 Å². The summed E-state index contributed by atoms with van der Waals surface area (Å²) in [7, 11) is 0. The number of esters is 1. The summed E-state index contributed by atoms with van der Waals surface area (Å²) >= 11 is 1.22. The normalized spacial score (nSPS) is 16.3. The molecule has 6 heteroatoms. The summed E-state index contributed by atoms with van der Waals surface area (Å²) in [6.07, 6.45) is 3.77. The van der Waals surface area contributed by atoms with Crippen LogP contribution in [0, 0.1) is 5.92 Å². The third-order valence-electron chi connectivity index (χ3n) is 2.96. The van der Waals surface area contributed by atoms with E-state index in [1.54, 1.807) is 6.92 Å². The van der Waals surface area contributed by atoms with Crippen molar-refractivity contribution in [3.8, 4) is 0 Å². The van der Waals surface area contributed by atoms with Crippen molar-refractivity contribution in [3.63, 3.8) is 0 Å². The minimum atomic E-state index is -0.398. The van der Waals surface area contributed by atoms with Crippen LogP contribution in [0.5, 0.6) is 0 Å². The van der Waals surface area contributed by atoms with Gasteiger partial charge in [-0.05, 0) is 37.7 Å². The second kappa shape index (κ2) is 5.56. The van der Waals surface area contributed by atoms with Crippen LogP contribution in [-0.4, -0.2) is 23.0 Å². The van der Waals surface area contributed by atoms with Crippen LogP contribution in [0.15, 0.2) is 0 Å². The third-order valence-corrected chi connectivity index (χ3v) is 3.75. The minimum Gasteiger partial charge on any atom is -0.462 e. The molecule has 1 saturated carbocycles. The fourth-order valence-electron chi connectivity index (χ4n) is 1.94. The molecule has 0 amide bonds. The Bertz CT molecular complexity index is 429. The maximum Gasteiger partial charge on any atom is 0.344 e. The SMILES string of the molecule is CCOC(=O)c1c(N)nsc1NC(C)CC1CC1. The van der Waals surface area contributed by atoms with Gasteiger partial charge < -0.3 is 15.8 Å². The maximum atomic E-state index is 11.8. The summed E-state index contributed by atoms with van der Waals surface area (Å²) in [5.41, 5.74) is 6.10. The predicted molar refractivity (Wildman–Crippen MR) is 72.9 cm³/mol. The molecule has 1 aliphatic rings. The van der Waals surface area contributed by atoms with Gasteiger partial charge in [-0.15, -0.1) is 0 Å². The van der Waals surface area contributed by atoms with Gasteiger partial charge in [-0.1, -0.05) is 12.8 Å². The number of ether oxygens (including phenoxy) is 1. The first kappa shape index (κ1) is 13.1. The molecule has 1 aliphatic carbocycles. The first-order chi connectivity index (χ1) is 8.61. The number of carbonyl (C=O) groups excluding carboxylic acids is 1. The summed E-state index contributed by atoms with van der Waals surface area (Å²) in [6.45, 7) is 4.23. The molecule has 18 heavy (non-hydrogen) atoms.